The second-order valence-corrected chi connectivity index (χ2v) is 8.59. The van der Waals surface area contributed by atoms with Crippen molar-refractivity contribution < 1.29 is 18.0 Å². The minimum absolute atomic E-state index is 0.0252. The van der Waals surface area contributed by atoms with Crippen LogP contribution in [0.15, 0.2) is 67.0 Å². The molecule has 0 aliphatic rings. The predicted molar refractivity (Wildman–Crippen MR) is 130 cm³/mol. The number of amides is 1. The van der Waals surface area contributed by atoms with Crippen LogP contribution in [-0.4, -0.2) is 31.0 Å². The van der Waals surface area contributed by atoms with E-state index in [9.17, 15) is 18.0 Å². The van der Waals surface area contributed by atoms with Gasteiger partial charge in [-0.05, 0) is 66.6 Å². The molecule has 0 saturated carbocycles. The molecule has 3 N–H and O–H groups in total. The maximum Gasteiger partial charge on any atom is 0.417 e. The van der Waals surface area contributed by atoms with Gasteiger partial charge in [0.2, 0.25) is 0 Å². The molecule has 5 aromatic rings. The largest absolute Gasteiger partial charge is 0.417 e. The Hall–Kier alpha value is -4.47. The molecule has 3 heterocycles. The molecule has 0 aliphatic heterocycles. The molecule has 3 aromatic heterocycles. The summed E-state index contributed by atoms with van der Waals surface area (Å²) in [4.78, 5) is 23.5. The molecule has 0 radical (unpaired) electrons. The summed E-state index contributed by atoms with van der Waals surface area (Å²) in [5, 5.41) is 8.55. The van der Waals surface area contributed by atoms with Crippen LogP contribution in [0, 0.1) is 6.92 Å². The zero-order valence-electron chi connectivity index (χ0n) is 19.2. The monoisotopic (exact) mass is 490 g/mol. The lowest BCUT2D eigenvalue weighted by atomic mass is 10.1. The number of nitrogens with one attached hydrogen (secondary N) is 1. The lowest BCUT2D eigenvalue weighted by Crippen LogP contribution is -2.30. The average molecular weight is 490 g/mol. The molecular weight excluding hydrogens is 469 g/mol. The van der Waals surface area contributed by atoms with Gasteiger partial charge in [0, 0.05) is 29.1 Å². The zero-order chi connectivity index (χ0) is 25.4. The van der Waals surface area contributed by atoms with Crippen molar-refractivity contribution in [2.75, 3.05) is 5.73 Å². The Bertz CT molecular complexity index is 1580. The molecule has 0 atom stereocenters. The first-order valence-corrected chi connectivity index (χ1v) is 11.1. The summed E-state index contributed by atoms with van der Waals surface area (Å²) in [6.07, 6.45) is -2.02. The number of alkyl halides is 3. The number of aromatic nitrogens is 4. The van der Waals surface area contributed by atoms with Gasteiger partial charge in [-0.25, -0.2) is 4.98 Å². The molecule has 0 unspecified atom stereocenters. The number of anilines is 1. The van der Waals surface area contributed by atoms with Crippen LogP contribution in [0.2, 0.25) is 0 Å². The number of carbonyl (C=O) groups is 1. The number of benzene rings is 2. The van der Waals surface area contributed by atoms with Crippen LogP contribution in [0.25, 0.3) is 21.8 Å². The van der Waals surface area contributed by atoms with Gasteiger partial charge in [-0.1, -0.05) is 6.07 Å². The van der Waals surface area contributed by atoms with E-state index in [0.717, 1.165) is 39.7 Å². The van der Waals surface area contributed by atoms with Crippen molar-refractivity contribution in [3.63, 3.8) is 0 Å². The number of nitrogens with two attached hydrogens (primary N) is 1. The molecule has 1 amide bonds. The number of carbonyl (C=O) groups excluding carboxylic acids is 1. The highest BCUT2D eigenvalue weighted by atomic mass is 19.4. The summed E-state index contributed by atoms with van der Waals surface area (Å²) in [6, 6.07) is 14.9. The first kappa shape index (κ1) is 23.3. The van der Waals surface area contributed by atoms with Crippen molar-refractivity contribution in [3.8, 4) is 0 Å². The number of halogens is 3. The van der Waals surface area contributed by atoms with Gasteiger partial charge in [0.25, 0.3) is 5.91 Å². The third kappa shape index (κ3) is 4.70. The SMILES string of the molecule is Cc1cc2cc(C(=O)N(Cc3ccc4[nH]ncc4c3)Cc3ccc(C(F)(F)F)cn3)ccc2nc1N. The van der Waals surface area contributed by atoms with E-state index in [1.165, 1.54) is 6.07 Å². The molecule has 182 valence electrons. The van der Waals surface area contributed by atoms with E-state index >= 15 is 0 Å². The highest BCUT2D eigenvalue weighted by Gasteiger charge is 2.30. The van der Waals surface area contributed by atoms with Crippen LogP contribution < -0.4 is 5.73 Å². The molecular formula is C26H21F3N6O. The van der Waals surface area contributed by atoms with Crippen molar-refractivity contribution in [2.45, 2.75) is 26.2 Å². The van der Waals surface area contributed by atoms with Crippen molar-refractivity contribution in [1.82, 2.24) is 25.1 Å². The fourth-order valence-corrected chi connectivity index (χ4v) is 4.00. The van der Waals surface area contributed by atoms with Crippen molar-refractivity contribution >= 4 is 33.5 Å². The van der Waals surface area contributed by atoms with Crippen LogP contribution in [0.5, 0.6) is 0 Å². The number of H-pyrrole nitrogens is 1. The molecule has 2 aromatic carbocycles. The maximum atomic E-state index is 13.6. The summed E-state index contributed by atoms with van der Waals surface area (Å²) in [6.45, 7) is 2.09. The number of hydrogen-bond donors (Lipinski definition) is 2. The van der Waals surface area contributed by atoms with Crippen molar-refractivity contribution in [2.24, 2.45) is 0 Å². The highest BCUT2D eigenvalue weighted by Crippen LogP contribution is 2.29. The minimum Gasteiger partial charge on any atom is -0.383 e. The lowest BCUT2D eigenvalue weighted by Gasteiger charge is -2.23. The Morgan fingerprint density at radius 3 is 2.58 bits per heavy atom. The van der Waals surface area contributed by atoms with Gasteiger partial charge >= 0.3 is 6.18 Å². The van der Waals surface area contributed by atoms with Gasteiger partial charge in [0.1, 0.15) is 5.82 Å². The van der Waals surface area contributed by atoms with E-state index in [1.54, 1.807) is 29.3 Å². The van der Waals surface area contributed by atoms with E-state index in [-0.39, 0.29) is 19.0 Å². The third-order valence-corrected chi connectivity index (χ3v) is 5.96. The summed E-state index contributed by atoms with van der Waals surface area (Å²) in [5.74, 6) is 0.131. The molecule has 0 saturated heterocycles. The van der Waals surface area contributed by atoms with Crippen LogP contribution in [-0.2, 0) is 19.3 Å². The minimum atomic E-state index is -4.48. The van der Waals surface area contributed by atoms with Crippen LogP contribution in [0.4, 0.5) is 19.0 Å². The van der Waals surface area contributed by atoms with Crippen LogP contribution in [0.1, 0.15) is 32.7 Å². The Morgan fingerprint density at radius 2 is 1.83 bits per heavy atom. The number of nitrogen functional groups attached to an aromatic ring is 1. The lowest BCUT2D eigenvalue weighted by molar-refractivity contribution is -0.137. The molecule has 7 nitrogen and oxygen atoms in total. The van der Waals surface area contributed by atoms with E-state index in [2.05, 4.69) is 20.2 Å². The van der Waals surface area contributed by atoms with Crippen molar-refractivity contribution in [3.05, 3.63) is 94.9 Å². The second kappa shape index (κ2) is 8.95. The Kier molecular flexibility index (Phi) is 5.79. The number of rotatable bonds is 5. The molecule has 5 rings (SSSR count). The maximum absolute atomic E-state index is 13.6. The summed E-state index contributed by atoms with van der Waals surface area (Å²) >= 11 is 0. The van der Waals surface area contributed by atoms with Gasteiger partial charge in [-0.3, -0.25) is 14.9 Å². The van der Waals surface area contributed by atoms with Crippen molar-refractivity contribution in [1.29, 1.82) is 0 Å². The molecule has 0 spiro atoms. The van der Waals surface area contributed by atoms with Gasteiger partial charge in [-0.2, -0.15) is 18.3 Å². The van der Waals surface area contributed by atoms with Crippen LogP contribution >= 0.6 is 0 Å². The van der Waals surface area contributed by atoms with E-state index in [4.69, 9.17) is 5.73 Å². The number of pyridine rings is 2. The fraction of sp³-hybridized carbons (Fsp3) is 0.154. The normalized spacial score (nSPS) is 11.8. The average Bonchev–Trinajstić information content (AvgIpc) is 3.31. The standard InChI is InChI=1S/C26H21F3N6O/c1-15-8-18-10-17(3-7-22(18)33-24(15)30)25(36)35(13-16-2-6-23-19(9-16)11-32-34-23)14-21-5-4-20(12-31-21)26(27,28)29/h2-12H,13-14H2,1H3,(H2,30,33)(H,32,34). The first-order valence-electron chi connectivity index (χ1n) is 11.1. The second-order valence-electron chi connectivity index (χ2n) is 8.59. The Morgan fingerprint density at radius 1 is 1.00 bits per heavy atom. The number of nitrogens with zero attached hydrogens (tertiary/aromatic N) is 4. The summed E-state index contributed by atoms with van der Waals surface area (Å²) < 4.78 is 38.9. The number of aromatic amines is 1. The molecule has 36 heavy (non-hydrogen) atoms. The topological polar surface area (TPSA) is 101 Å². The van der Waals surface area contributed by atoms with Gasteiger partial charge in [0.15, 0.2) is 0 Å². The highest BCUT2D eigenvalue weighted by molar-refractivity contribution is 5.98. The number of fused-ring (bicyclic) bond motifs is 2. The fourth-order valence-electron chi connectivity index (χ4n) is 4.00. The zero-order valence-corrected chi connectivity index (χ0v) is 19.2. The van der Waals surface area contributed by atoms with E-state index in [0.29, 0.717) is 22.6 Å². The molecule has 0 bridgehead atoms. The number of hydrogen-bond acceptors (Lipinski definition) is 5. The van der Waals surface area contributed by atoms with Gasteiger partial charge in [0.05, 0.1) is 35.0 Å². The Labute approximate surface area is 203 Å². The van der Waals surface area contributed by atoms with Crippen LogP contribution in [0.3, 0.4) is 0 Å². The smallest absolute Gasteiger partial charge is 0.383 e. The quantitative estimate of drug-likeness (QED) is 0.350. The van der Waals surface area contributed by atoms with Gasteiger partial charge in [-0.15, -0.1) is 0 Å². The van der Waals surface area contributed by atoms with E-state index < -0.39 is 11.7 Å². The predicted octanol–water partition coefficient (Wildman–Crippen LogP) is 5.26. The first-order chi connectivity index (χ1) is 17.2. The molecule has 10 heteroatoms. The Balaban J connectivity index is 1.49. The summed E-state index contributed by atoms with van der Waals surface area (Å²) in [7, 11) is 0. The number of aryl methyl sites for hydroxylation is 1. The molecule has 0 aliphatic carbocycles. The summed E-state index contributed by atoms with van der Waals surface area (Å²) in [5.41, 5.74) is 8.98. The van der Waals surface area contributed by atoms with Gasteiger partial charge < -0.3 is 10.6 Å². The third-order valence-electron chi connectivity index (χ3n) is 5.96. The van der Waals surface area contributed by atoms with E-state index in [1.807, 2.05) is 31.2 Å². The molecule has 0 fully saturated rings.